The van der Waals surface area contributed by atoms with Gasteiger partial charge in [0.25, 0.3) is 5.91 Å². The molecule has 0 saturated carbocycles. The van der Waals surface area contributed by atoms with Gasteiger partial charge in [0.05, 0.1) is 5.02 Å². The van der Waals surface area contributed by atoms with Crippen molar-refractivity contribution >= 4 is 33.2 Å². The first-order valence-corrected chi connectivity index (χ1v) is 9.61. The topological polar surface area (TPSA) is 71.2 Å². The van der Waals surface area contributed by atoms with Gasteiger partial charge in [0.15, 0.2) is 0 Å². The molecule has 2 unspecified atom stereocenters. The average Bonchev–Trinajstić information content (AvgIpc) is 3.14. The van der Waals surface area contributed by atoms with Gasteiger partial charge in [-0.05, 0) is 31.2 Å². The highest BCUT2D eigenvalue weighted by atomic mass is 35.5. The minimum Gasteiger partial charge on any atom is -0.345 e. The molecule has 0 aliphatic carbocycles. The van der Waals surface area contributed by atoms with Crippen LogP contribution in [0.2, 0.25) is 5.02 Å². The second kappa shape index (κ2) is 6.46. The Labute approximate surface area is 162 Å². The number of hydrogen-bond donors (Lipinski definition) is 1. The van der Waals surface area contributed by atoms with Crippen LogP contribution in [0, 0.1) is 5.82 Å². The largest absolute Gasteiger partial charge is 0.408 e. The van der Waals surface area contributed by atoms with E-state index in [4.69, 9.17) is 11.6 Å². The number of nitrogens with one attached hydrogen (secondary N) is 1. The SMILES string of the molecule is Cn1cc(S(=O)(=O)N2CC2(C)C(F)(F)F)cc1C(=O)Nc1ccc(F)c(Cl)c1. The highest BCUT2D eigenvalue weighted by Gasteiger charge is 2.70. The molecule has 28 heavy (non-hydrogen) atoms. The van der Waals surface area contributed by atoms with Gasteiger partial charge in [0.2, 0.25) is 10.0 Å². The second-order valence-corrected chi connectivity index (χ2v) is 8.81. The van der Waals surface area contributed by atoms with Crippen molar-refractivity contribution in [2.24, 2.45) is 7.05 Å². The van der Waals surface area contributed by atoms with Gasteiger partial charge in [-0.1, -0.05) is 11.6 Å². The minimum absolute atomic E-state index is 0.116. The number of alkyl halides is 3. The predicted octanol–water partition coefficient (Wildman–Crippen LogP) is 3.40. The molecule has 6 nitrogen and oxygen atoms in total. The number of rotatable bonds is 4. The number of aryl methyl sites for hydroxylation is 1. The fourth-order valence-corrected chi connectivity index (χ4v) is 4.67. The van der Waals surface area contributed by atoms with Crippen LogP contribution in [0.5, 0.6) is 0 Å². The van der Waals surface area contributed by atoms with Crippen molar-refractivity contribution in [1.29, 1.82) is 0 Å². The molecule has 2 heterocycles. The molecule has 12 heteroatoms. The van der Waals surface area contributed by atoms with Gasteiger partial charge >= 0.3 is 6.18 Å². The summed E-state index contributed by atoms with van der Waals surface area (Å²) in [7, 11) is -3.06. The van der Waals surface area contributed by atoms with Crippen LogP contribution in [0.25, 0.3) is 0 Å². The third-order valence-electron chi connectivity index (χ3n) is 4.49. The fourth-order valence-electron chi connectivity index (χ4n) is 2.62. The summed E-state index contributed by atoms with van der Waals surface area (Å²) in [5, 5.41) is 2.20. The molecule has 1 saturated heterocycles. The zero-order valence-corrected chi connectivity index (χ0v) is 16.1. The molecule has 2 atom stereocenters. The lowest BCUT2D eigenvalue weighted by atomic mass is 10.2. The van der Waals surface area contributed by atoms with Gasteiger partial charge in [0, 0.05) is 25.5 Å². The van der Waals surface area contributed by atoms with Crippen molar-refractivity contribution < 1.29 is 30.8 Å². The molecule has 1 aliphatic heterocycles. The van der Waals surface area contributed by atoms with Gasteiger partial charge in [-0.3, -0.25) is 4.79 Å². The lowest BCUT2D eigenvalue weighted by Crippen LogP contribution is -2.35. The molecule has 1 amide bonds. The van der Waals surface area contributed by atoms with Crippen molar-refractivity contribution in [2.45, 2.75) is 23.5 Å². The molecular formula is C16H14ClF4N3O3S. The van der Waals surface area contributed by atoms with E-state index in [1.807, 2.05) is 0 Å². The number of halogens is 5. The zero-order chi connectivity index (χ0) is 21.1. The van der Waals surface area contributed by atoms with Crippen LogP contribution in [0.15, 0.2) is 35.4 Å². The van der Waals surface area contributed by atoms with Gasteiger partial charge in [-0.2, -0.15) is 17.5 Å². The van der Waals surface area contributed by atoms with Crippen LogP contribution in [-0.2, 0) is 17.1 Å². The summed E-state index contributed by atoms with van der Waals surface area (Å²) in [4.78, 5) is 11.9. The molecule has 0 spiro atoms. The third kappa shape index (κ3) is 3.38. The van der Waals surface area contributed by atoms with E-state index in [9.17, 15) is 30.8 Å². The summed E-state index contributed by atoms with van der Waals surface area (Å²) < 4.78 is 78.8. The lowest BCUT2D eigenvalue weighted by Gasteiger charge is -2.15. The van der Waals surface area contributed by atoms with Crippen LogP contribution in [0.4, 0.5) is 23.2 Å². The standard InChI is InChI=1S/C16H14ClF4N3O3S/c1-15(16(19,20)21)8-24(15)28(26,27)10-6-13(23(2)7-10)14(25)22-9-3-4-12(18)11(17)5-9/h3-7H,8H2,1-2H3,(H,22,25). The normalized spacial score (nSPS) is 22.2. The lowest BCUT2D eigenvalue weighted by molar-refractivity contribution is -0.160. The van der Waals surface area contributed by atoms with E-state index < -0.39 is 44.9 Å². The van der Waals surface area contributed by atoms with Crippen molar-refractivity contribution in [1.82, 2.24) is 8.87 Å². The Morgan fingerprint density at radius 1 is 1.29 bits per heavy atom. The van der Waals surface area contributed by atoms with Crippen molar-refractivity contribution in [2.75, 3.05) is 11.9 Å². The van der Waals surface area contributed by atoms with E-state index in [2.05, 4.69) is 5.32 Å². The molecule has 1 aliphatic rings. The number of carbonyl (C=O) groups is 1. The molecule has 1 aromatic carbocycles. The van der Waals surface area contributed by atoms with E-state index in [0.29, 0.717) is 4.31 Å². The van der Waals surface area contributed by atoms with Gasteiger partial charge in [-0.25, -0.2) is 12.8 Å². The van der Waals surface area contributed by atoms with Crippen LogP contribution in [0.3, 0.4) is 0 Å². The summed E-state index contributed by atoms with van der Waals surface area (Å²) in [6.07, 6.45) is -3.66. The molecule has 1 N–H and O–H groups in total. The highest BCUT2D eigenvalue weighted by Crippen LogP contribution is 2.49. The Hall–Kier alpha value is -2.11. The number of benzene rings is 1. The monoisotopic (exact) mass is 439 g/mol. The van der Waals surface area contributed by atoms with Crippen molar-refractivity contribution in [3.05, 3.63) is 47.0 Å². The smallest absolute Gasteiger partial charge is 0.345 e. The highest BCUT2D eigenvalue weighted by molar-refractivity contribution is 7.89. The van der Waals surface area contributed by atoms with Crippen molar-refractivity contribution in [3.8, 4) is 0 Å². The number of carbonyl (C=O) groups excluding carboxylic acids is 1. The van der Waals surface area contributed by atoms with E-state index in [-0.39, 0.29) is 16.4 Å². The maximum Gasteiger partial charge on any atom is 0.408 e. The second-order valence-electron chi connectivity index (χ2n) is 6.54. The molecule has 152 valence electrons. The maximum atomic E-state index is 13.2. The number of sulfonamides is 1. The van der Waals surface area contributed by atoms with E-state index in [1.54, 1.807) is 0 Å². The first-order chi connectivity index (χ1) is 12.8. The molecule has 1 aromatic heterocycles. The molecule has 2 aromatic rings. The summed E-state index contributed by atoms with van der Waals surface area (Å²) >= 11 is 5.64. The summed E-state index contributed by atoms with van der Waals surface area (Å²) in [6, 6.07) is 4.44. The number of aromatic nitrogens is 1. The van der Waals surface area contributed by atoms with Crippen LogP contribution >= 0.6 is 11.6 Å². The number of anilines is 1. The first-order valence-electron chi connectivity index (χ1n) is 7.80. The molecule has 0 radical (unpaired) electrons. The molecule has 3 rings (SSSR count). The Balaban J connectivity index is 1.85. The Kier molecular flexibility index (Phi) is 4.76. The van der Waals surface area contributed by atoms with Crippen LogP contribution in [0.1, 0.15) is 17.4 Å². The first kappa shape index (κ1) is 20.6. The van der Waals surface area contributed by atoms with Gasteiger partial charge < -0.3 is 9.88 Å². The minimum atomic E-state index is -4.71. The molecule has 1 fully saturated rings. The molecular weight excluding hydrogens is 426 g/mol. The summed E-state index contributed by atoms with van der Waals surface area (Å²) in [5.41, 5.74) is -2.42. The van der Waals surface area contributed by atoms with E-state index >= 15 is 0 Å². The fraction of sp³-hybridized carbons (Fsp3) is 0.312. The van der Waals surface area contributed by atoms with Gasteiger partial charge in [0.1, 0.15) is 21.9 Å². The zero-order valence-electron chi connectivity index (χ0n) is 14.5. The number of amides is 1. The number of hydrogen-bond acceptors (Lipinski definition) is 3. The van der Waals surface area contributed by atoms with Gasteiger partial charge in [-0.15, -0.1) is 0 Å². The van der Waals surface area contributed by atoms with E-state index in [0.717, 1.165) is 25.3 Å². The Bertz CT molecular complexity index is 1070. The van der Waals surface area contributed by atoms with Crippen molar-refractivity contribution in [3.63, 3.8) is 0 Å². The predicted molar refractivity (Wildman–Crippen MR) is 93.1 cm³/mol. The summed E-state index contributed by atoms with van der Waals surface area (Å²) in [5.74, 6) is -1.42. The van der Waals surface area contributed by atoms with E-state index in [1.165, 1.54) is 23.7 Å². The average molecular weight is 440 g/mol. The molecule has 0 bridgehead atoms. The Morgan fingerprint density at radius 2 is 1.93 bits per heavy atom. The van der Waals surface area contributed by atoms with Crippen LogP contribution < -0.4 is 5.32 Å². The van der Waals surface area contributed by atoms with Crippen LogP contribution in [-0.4, -0.2) is 41.5 Å². The quantitative estimate of drug-likeness (QED) is 0.586. The summed E-state index contributed by atoms with van der Waals surface area (Å²) in [6.45, 7) is 0.0999. The Morgan fingerprint density at radius 3 is 2.46 bits per heavy atom. The number of nitrogens with zero attached hydrogens (tertiary/aromatic N) is 2. The maximum absolute atomic E-state index is 13.2. The third-order valence-corrected chi connectivity index (χ3v) is 6.71.